The second-order valence-corrected chi connectivity index (χ2v) is 13.4. The molecule has 0 radical (unpaired) electrons. The maximum atomic E-state index is 12.3. The number of carboxylic acid groups (broad SMARTS) is 2. The van der Waals surface area contributed by atoms with Gasteiger partial charge in [0, 0.05) is 51.0 Å². The summed E-state index contributed by atoms with van der Waals surface area (Å²) in [6.45, 7) is 9.82. The lowest BCUT2D eigenvalue weighted by Gasteiger charge is -2.46. The van der Waals surface area contributed by atoms with E-state index in [2.05, 4.69) is 20.8 Å². The van der Waals surface area contributed by atoms with Crippen molar-refractivity contribution >= 4 is 41.5 Å². The third-order valence-corrected chi connectivity index (χ3v) is 9.56. The largest absolute Gasteiger partial charge is 0.478 e. The van der Waals surface area contributed by atoms with Crippen LogP contribution in [0, 0.1) is 17.2 Å². The van der Waals surface area contributed by atoms with Crippen LogP contribution in [-0.2, 0) is 38.1 Å². The Labute approximate surface area is 336 Å². The molecule has 0 aromatic heterocycles. The molecule has 2 aliphatic heterocycles. The molecule has 2 aliphatic rings. The molecule has 4 atom stereocenters. The molecule has 0 bridgehead atoms. The molecular weight excluding hydrogens is 752 g/mol. The average molecular weight is 801 g/mol. The topological polar surface area (TPSA) is 213 Å². The fourth-order valence-electron chi connectivity index (χ4n) is 6.80. The van der Waals surface area contributed by atoms with E-state index in [1.165, 1.54) is 48.5 Å². The van der Waals surface area contributed by atoms with Gasteiger partial charge in [-0.25, -0.2) is 19.2 Å². The first-order chi connectivity index (χ1) is 27.9. The van der Waals surface area contributed by atoms with Crippen molar-refractivity contribution in [2.24, 2.45) is 5.92 Å². The number of likely N-dealkylation sites (tertiary alicyclic amines) is 1. The van der Waals surface area contributed by atoms with Crippen molar-refractivity contribution in [3.63, 3.8) is 0 Å². The summed E-state index contributed by atoms with van der Waals surface area (Å²) in [6, 6.07) is 25.0. The predicted molar refractivity (Wildman–Crippen MR) is 208 cm³/mol. The Bertz CT molecular complexity index is 1810. The van der Waals surface area contributed by atoms with E-state index in [1.54, 1.807) is 12.1 Å². The van der Waals surface area contributed by atoms with Gasteiger partial charge in [0.15, 0.2) is 0 Å². The SMILES string of the molecule is CCOC(=O)C[C@H]1CN(CC(=O)OCC)CC[C@H]1N1CCN(c2ccc(C#N)cc2)CC1.O=C(O[C@H](C(=O)O)[C@H](OC(=O)c1ccccc1)C(=O)O)c1ccccc1. The molecule has 0 unspecified atom stereocenters. The lowest BCUT2D eigenvalue weighted by molar-refractivity contribution is -0.166. The number of anilines is 1. The Kier molecular flexibility index (Phi) is 17.2. The molecule has 16 nitrogen and oxygen atoms in total. The quantitative estimate of drug-likeness (QED) is 0.166. The number of carboxylic acids is 2. The van der Waals surface area contributed by atoms with Crippen LogP contribution < -0.4 is 4.90 Å². The zero-order valence-corrected chi connectivity index (χ0v) is 32.4. The summed E-state index contributed by atoms with van der Waals surface area (Å²) in [5, 5.41) is 27.5. The minimum atomic E-state index is -2.21. The molecule has 308 valence electrons. The van der Waals surface area contributed by atoms with E-state index in [9.17, 15) is 39.0 Å². The van der Waals surface area contributed by atoms with E-state index in [4.69, 9.17) is 24.2 Å². The zero-order valence-electron chi connectivity index (χ0n) is 32.4. The molecule has 0 saturated carbocycles. The number of piperazine rings is 1. The molecule has 0 spiro atoms. The van der Waals surface area contributed by atoms with Crippen molar-refractivity contribution in [3.8, 4) is 6.07 Å². The molecule has 5 rings (SSSR count). The fourth-order valence-corrected chi connectivity index (χ4v) is 6.80. The van der Waals surface area contributed by atoms with E-state index in [1.807, 2.05) is 38.1 Å². The minimum Gasteiger partial charge on any atom is -0.478 e. The molecule has 2 heterocycles. The first-order valence-corrected chi connectivity index (χ1v) is 18.9. The van der Waals surface area contributed by atoms with Crippen LogP contribution in [0.15, 0.2) is 84.9 Å². The number of hydrogen-bond donors (Lipinski definition) is 2. The van der Waals surface area contributed by atoms with Gasteiger partial charge in [-0.15, -0.1) is 0 Å². The third kappa shape index (κ3) is 13.1. The van der Waals surface area contributed by atoms with Gasteiger partial charge in [0.25, 0.3) is 0 Å². The predicted octanol–water partition coefficient (Wildman–Crippen LogP) is 3.49. The summed E-state index contributed by atoms with van der Waals surface area (Å²) < 4.78 is 19.9. The number of benzene rings is 3. The highest BCUT2D eigenvalue weighted by Crippen LogP contribution is 2.28. The number of rotatable bonds is 15. The van der Waals surface area contributed by atoms with Gasteiger partial charge in [0.2, 0.25) is 12.2 Å². The van der Waals surface area contributed by atoms with E-state index in [0.29, 0.717) is 37.8 Å². The molecule has 3 aromatic rings. The van der Waals surface area contributed by atoms with Crippen molar-refractivity contribution in [1.29, 1.82) is 5.26 Å². The Morgan fingerprint density at radius 1 is 0.707 bits per heavy atom. The molecule has 3 aromatic carbocycles. The fraction of sp³-hybridized carbons (Fsp3) is 0.405. The van der Waals surface area contributed by atoms with Gasteiger partial charge in [0.05, 0.1) is 48.9 Å². The van der Waals surface area contributed by atoms with Gasteiger partial charge in [0.1, 0.15) is 0 Å². The van der Waals surface area contributed by atoms with E-state index in [0.717, 1.165) is 44.8 Å². The van der Waals surface area contributed by atoms with E-state index >= 15 is 0 Å². The van der Waals surface area contributed by atoms with Gasteiger partial charge in [-0.2, -0.15) is 5.26 Å². The Balaban J connectivity index is 0.000000262. The average Bonchev–Trinajstić information content (AvgIpc) is 3.23. The van der Waals surface area contributed by atoms with Crippen LogP contribution in [0.5, 0.6) is 0 Å². The second kappa shape index (κ2) is 22.4. The van der Waals surface area contributed by atoms with Gasteiger partial charge >= 0.3 is 35.8 Å². The van der Waals surface area contributed by atoms with Crippen molar-refractivity contribution in [1.82, 2.24) is 9.80 Å². The van der Waals surface area contributed by atoms with Gasteiger partial charge in [-0.3, -0.25) is 19.4 Å². The number of ether oxygens (including phenoxy) is 4. The van der Waals surface area contributed by atoms with E-state index in [-0.39, 0.29) is 35.5 Å². The highest BCUT2D eigenvalue weighted by atomic mass is 16.6. The van der Waals surface area contributed by atoms with Gasteiger partial charge in [-0.1, -0.05) is 36.4 Å². The molecule has 0 amide bonds. The first kappa shape index (κ1) is 44.4. The van der Waals surface area contributed by atoms with Crippen molar-refractivity contribution < 1.29 is 57.9 Å². The molecule has 58 heavy (non-hydrogen) atoms. The third-order valence-electron chi connectivity index (χ3n) is 9.56. The van der Waals surface area contributed by atoms with E-state index < -0.39 is 36.1 Å². The lowest BCUT2D eigenvalue weighted by Crippen LogP contribution is -2.57. The maximum Gasteiger partial charge on any atom is 0.349 e. The number of esters is 4. The van der Waals surface area contributed by atoms with Gasteiger partial charge in [-0.05, 0) is 74.7 Å². The zero-order chi connectivity index (χ0) is 42.0. The number of nitriles is 1. The van der Waals surface area contributed by atoms with Crippen molar-refractivity contribution in [2.75, 3.05) is 63.9 Å². The summed E-state index contributed by atoms with van der Waals surface area (Å²) in [5.74, 6) is -5.89. The smallest absolute Gasteiger partial charge is 0.349 e. The molecule has 2 N–H and O–H groups in total. The van der Waals surface area contributed by atoms with Crippen LogP contribution in [0.25, 0.3) is 0 Å². The number of carbonyl (C=O) groups excluding carboxylic acids is 4. The standard InChI is InChI=1S/C24H34N4O4.C18H14O8/c1-3-31-23(29)15-20-17-26(18-24(30)32-4-2)10-9-22(20)28-13-11-27(12-14-28)21-7-5-19(16-25)6-8-21;19-15(20)13(25-17(23)11-7-3-1-4-8-11)14(16(21)22)26-18(24)12-9-5-2-6-10-12/h5-8,20,22H,3-4,9-15,17-18H2,1-2H3;1-10,13-14H,(H,19,20)(H,21,22)/t20-,22+;13-,14-/m00/s1. The highest BCUT2D eigenvalue weighted by molar-refractivity contribution is 5.95. The number of aliphatic carboxylic acids is 2. The van der Waals surface area contributed by atoms with Crippen LogP contribution in [0.4, 0.5) is 5.69 Å². The molecule has 2 saturated heterocycles. The minimum absolute atomic E-state index is 0.0253. The number of hydrogen-bond acceptors (Lipinski definition) is 14. The van der Waals surface area contributed by atoms with Crippen LogP contribution in [-0.4, -0.2) is 133 Å². The lowest BCUT2D eigenvalue weighted by atomic mass is 9.87. The Morgan fingerprint density at radius 3 is 1.67 bits per heavy atom. The van der Waals surface area contributed by atoms with Crippen LogP contribution in [0.2, 0.25) is 0 Å². The summed E-state index contributed by atoms with van der Waals surface area (Å²) in [5.41, 5.74) is 1.86. The number of carbonyl (C=O) groups is 6. The maximum absolute atomic E-state index is 12.3. The highest BCUT2D eigenvalue weighted by Gasteiger charge is 2.41. The molecular formula is C42H48N4O12. The number of nitrogens with zero attached hydrogens (tertiary/aromatic N) is 4. The van der Waals surface area contributed by atoms with Crippen molar-refractivity contribution in [3.05, 3.63) is 102 Å². The summed E-state index contributed by atoms with van der Waals surface area (Å²) >= 11 is 0. The number of piperidine rings is 1. The summed E-state index contributed by atoms with van der Waals surface area (Å²) in [6.07, 6.45) is -3.14. The van der Waals surface area contributed by atoms with Crippen molar-refractivity contribution in [2.45, 2.75) is 44.9 Å². The Hall–Kier alpha value is -6.31. The normalized spacial score (nSPS) is 17.8. The first-order valence-electron chi connectivity index (χ1n) is 18.9. The van der Waals surface area contributed by atoms with Crippen LogP contribution >= 0.6 is 0 Å². The summed E-state index contributed by atoms with van der Waals surface area (Å²) in [4.78, 5) is 78.0. The summed E-state index contributed by atoms with van der Waals surface area (Å²) in [7, 11) is 0. The molecule has 0 aliphatic carbocycles. The second-order valence-electron chi connectivity index (χ2n) is 13.4. The monoisotopic (exact) mass is 800 g/mol. The Morgan fingerprint density at radius 2 is 1.21 bits per heavy atom. The van der Waals surface area contributed by atoms with Crippen LogP contribution in [0.1, 0.15) is 53.0 Å². The molecule has 2 fully saturated rings. The van der Waals surface area contributed by atoms with Crippen LogP contribution in [0.3, 0.4) is 0 Å². The van der Waals surface area contributed by atoms with Gasteiger partial charge < -0.3 is 34.1 Å². The molecule has 16 heteroatoms.